The summed E-state index contributed by atoms with van der Waals surface area (Å²) in [5.41, 5.74) is -0.224. The minimum Gasteiger partial charge on any atom is -0.480 e. The molecule has 16 heavy (non-hydrogen) atoms. The zero-order valence-electron chi connectivity index (χ0n) is 9.61. The highest BCUT2D eigenvalue weighted by molar-refractivity contribution is 7.09. The van der Waals surface area contributed by atoms with E-state index in [0.29, 0.717) is 6.54 Å². The van der Waals surface area contributed by atoms with Crippen LogP contribution in [0, 0.1) is 6.92 Å². The quantitative estimate of drug-likeness (QED) is 0.782. The van der Waals surface area contributed by atoms with Gasteiger partial charge in [0.25, 0.3) is 0 Å². The topological polar surface area (TPSA) is 71.5 Å². The number of hydrogen-bond donors (Lipinski definition) is 2. The number of ether oxygens (including phenoxy) is 1. The molecular formula is C10H16N2O3S. The van der Waals surface area contributed by atoms with Crippen LogP contribution in [0.5, 0.6) is 0 Å². The number of methoxy groups -OCH3 is 1. The highest BCUT2D eigenvalue weighted by Gasteiger charge is 2.32. The first kappa shape index (κ1) is 13.1. The highest BCUT2D eigenvalue weighted by Crippen LogP contribution is 2.10. The lowest BCUT2D eigenvalue weighted by Gasteiger charge is -2.24. The third-order valence-electron chi connectivity index (χ3n) is 2.23. The van der Waals surface area contributed by atoms with Gasteiger partial charge < -0.3 is 9.84 Å². The van der Waals surface area contributed by atoms with Crippen LogP contribution in [0.2, 0.25) is 0 Å². The number of nitrogens with zero attached hydrogens (tertiary/aromatic N) is 1. The Kier molecular flexibility index (Phi) is 4.40. The zero-order valence-corrected chi connectivity index (χ0v) is 10.4. The molecular weight excluding hydrogens is 228 g/mol. The van der Waals surface area contributed by atoms with E-state index in [2.05, 4.69) is 10.3 Å². The molecule has 0 amide bonds. The second-order valence-electron chi connectivity index (χ2n) is 3.78. The Hall–Kier alpha value is -0.980. The van der Waals surface area contributed by atoms with Gasteiger partial charge >= 0.3 is 5.97 Å². The first-order chi connectivity index (χ1) is 7.48. The number of hydrogen-bond acceptors (Lipinski definition) is 5. The number of carboxylic acid groups (broad SMARTS) is 1. The number of carbonyl (C=O) groups is 1. The van der Waals surface area contributed by atoms with Gasteiger partial charge in [-0.1, -0.05) is 0 Å². The Balaban J connectivity index is 2.60. The molecule has 0 aliphatic carbocycles. The largest absolute Gasteiger partial charge is 0.480 e. The van der Waals surface area contributed by atoms with E-state index < -0.39 is 11.5 Å². The van der Waals surface area contributed by atoms with E-state index in [9.17, 15) is 4.79 Å². The molecule has 1 aromatic heterocycles. The van der Waals surface area contributed by atoms with Crippen molar-refractivity contribution >= 4 is 17.3 Å². The second kappa shape index (κ2) is 5.38. The van der Waals surface area contributed by atoms with E-state index in [0.717, 1.165) is 10.7 Å². The molecule has 1 atom stereocenters. The predicted octanol–water partition coefficient (Wildman–Crippen LogP) is 1.03. The van der Waals surface area contributed by atoms with Gasteiger partial charge in [-0.25, -0.2) is 4.98 Å². The minimum atomic E-state index is -1.08. The summed E-state index contributed by atoms with van der Waals surface area (Å²) in [5.74, 6) is -0.929. The maximum absolute atomic E-state index is 11.1. The monoisotopic (exact) mass is 244 g/mol. The fraction of sp³-hybridized carbons (Fsp3) is 0.600. The minimum absolute atomic E-state index is 0.117. The van der Waals surface area contributed by atoms with Crippen molar-refractivity contribution in [3.63, 3.8) is 0 Å². The maximum atomic E-state index is 11.1. The van der Waals surface area contributed by atoms with Crippen LogP contribution in [0.3, 0.4) is 0 Å². The number of rotatable bonds is 6. The molecule has 0 fully saturated rings. The fourth-order valence-electron chi connectivity index (χ4n) is 1.25. The first-order valence-electron chi connectivity index (χ1n) is 4.86. The third-order valence-corrected chi connectivity index (χ3v) is 3.05. The molecule has 0 spiro atoms. The summed E-state index contributed by atoms with van der Waals surface area (Å²) >= 11 is 1.55. The molecule has 0 saturated carbocycles. The van der Waals surface area contributed by atoms with Crippen LogP contribution in [0.15, 0.2) is 5.38 Å². The van der Waals surface area contributed by atoms with Gasteiger partial charge in [0.2, 0.25) is 0 Å². The van der Waals surface area contributed by atoms with E-state index in [-0.39, 0.29) is 6.61 Å². The van der Waals surface area contributed by atoms with Gasteiger partial charge in [0.1, 0.15) is 5.54 Å². The third kappa shape index (κ3) is 3.26. The summed E-state index contributed by atoms with van der Waals surface area (Å²) in [6.45, 7) is 4.06. The van der Waals surface area contributed by atoms with E-state index in [1.807, 2.05) is 12.3 Å². The SMILES string of the molecule is COCC(C)(NCc1csc(C)n1)C(=O)O. The maximum Gasteiger partial charge on any atom is 0.326 e. The van der Waals surface area contributed by atoms with Crippen LogP contribution in [0.1, 0.15) is 17.6 Å². The highest BCUT2D eigenvalue weighted by atomic mass is 32.1. The smallest absolute Gasteiger partial charge is 0.326 e. The molecule has 1 aromatic rings. The van der Waals surface area contributed by atoms with E-state index >= 15 is 0 Å². The number of thiazole rings is 1. The Morgan fingerprint density at radius 3 is 2.88 bits per heavy atom. The molecule has 0 aromatic carbocycles. The van der Waals surface area contributed by atoms with Crippen LogP contribution in [-0.2, 0) is 16.1 Å². The van der Waals surface area contributed by atoms with E-state index in [4.69, 9.17) is 9.84 Å². The van der Waals surface area contributed by atoms with Crippen LogP contribution in [0.4, 0.5) is 0 Å². The van der Waals surface area contributed by atoms with Gasteiger partial charge in [0.05, 0.1) is 17.3 Å². The molecule has 0 saturated heterocycles. The Labute approximate surface area is 98.5 Å². The lowest BCUT2D eigenvalue weighted by molar-refractivity contribution is -0.146. The molecule has 90 valence electrons. The molecule has 1 rings (SSSR count). The summed E-state index contributed by atoms with van der Waals surface area (Å²) in [5, 5.41) is 14.9. The van der Waals surface area contributed by atoms with E-state index in [1.165, 1.54) is 7.11 Å². The molecule has 6 heteroatoms. The number of aromatic nitrogens is 1. The van der Waals surface area contributed by atoms with Crippen LogP contribution in [0.25, 0.3) is 0 Å². The average Bonchev–Trinajstić information content (AvgIpc) is 2.61. The Morgan fingerprint density at radius 2 is 2.44 bits per heavy atom. The van der Waals surface area contributed by atoms with Gasteiger partial charge in [-0.05, 0) is 13.8 Å². The van der Waals surface area contributed by atoms with Crippen molar-refractivity contribution in [1.29, 1.82) is 0 Å². The standard InChI is InChI=1S/C10H16N2O3S/c1-7-12-8(5-16-7)4-11-10(2,6-15-3)9(13)14/h5,11H,4,6H2,1-3H3,(H,13,14). The molecule has 1 heterocycles. The van der Waals surface area contributed by atoms with Gasteiger partial charge in [-0.15, -0.1) is 11.3 Å². The molecule has 0 bridgehead atoms. The summed E-state index contributed by atoms with van der Waals surface area (Å²) in [6, 6.07) is 0. The van der Waals surface area contributed by atoms with Crippen molar-refractivity contribution in [3.8, 4) is 0 Å². The zero-order chi connectivity index (χ0) is 12.2. The molecule has 0 aliphatic heterocycles. The Morgan fingerprint density at radius 1 is 1.75 bits per heavy atom. The van der Waals surface area contributed by atoms with Gasteiger partial charge in [-0.3, -0.25) is 10.1 Å². The van der Waals surface area contributed by atoms with Crippen LogP contribution < -0.4 is 5.32 Å². The molecule has 5 nitrogen and oxygen atoms in total. The van der Waals surface area contributed by atoms with Gasteiger partial charge in [0, 0.05) is 19.0 Å². The van der Waals surface area contributed by atoms with Crippen LogP contribution >= 0.6 is 11.3 Å². The van der Waals surface area contributed by atoms with Crippen LogP contribution in [-0.4, -0.2) is 35.3 Å². The van der Waals surface area contributed by atoms with Crippen molar-refractivity contribution < 1.29 is 14.6 Å². The number of aryl methyl sites for hydroxylation is 1. The normalized spacial score (nSPS) is 14.7. The number of nitrogens with one attached hydrogen (secondary N) is 1. The Bertz CT molecular complexity index is 367. The predicted molar refractivity (Wildman–Crippen MR) is 61.6 cm³/mol. The number of aliphatic carboxylic acids is 1. The van der Waals surface area contributed by atoms with E-state index in [1.54, 1.807) is 18.3 Å². The van der Waals surface area contributed by atoms with Crippen molar-refractivity contribution in [2.24, 2.45) is 0 Å². The molecule has 1 unspecified atom stereocenters. The summed E-state index contributed by atoms with van der Waals surface area (Å²) in [4.78, 5) is 15.3. The summed E-state index contributed by atoms with van der Waals surface area (Å²) < 4.78 is 4.90. The lowest BCUT2D eigenvalue weighted by atomic mass is 10.0. The molecule has 0 radical (unpaired) electrons. The molecule has 0 aliphatic rings. The lowest BCUT2D eigenvalue weighted by Crippen LogP contribution is -2.52. The van der Waals surface area contributed by atoms with Gasteiger partial charge in [-0.2, -0.15) is 0 Å². The average molecular weight is 244 g/mol. The number of carboxylic acids is 1. The summed E-state index contributed by atoms with van der Waals surface area (Å²) in [6.07, 6.45) is 0. The second-order valence-corrected chi connectivity index (χ2v) is 4.84. The van der Waals surface area contributed by atoms with Crippen molar-refractivity contribution in [2.75, 3.05) is 13.7 Å². The van der Waals surface area contributed by atoms with Crippen molar-refractivity contribution in [2.45, 2.75) is 25.9 Å². The molecule has 2 N–H and O–H groups in total. The van der Waals surface area contributed by atoms with Crippen molar-refractivity contribution in [1.82, 2.24) is 10.3 Å². The summed E-state index contributed by atoms with van der Waals surface area (Å²) in [7, 11) is 1.48. The van der Waals surface area contributed by atoms with Crippen molar-refractivity contribution in [3.05, 3.63) is 16.1 Å². The fourth-order valence-corrected chi connectivity index (χ4v) is 1.86. The first-order valence-corrected chi connectivity index (χ1v) is 5.74. The van der Waals surface area contributed by atoms with Gasteiger partial charge in [0.15, 0.2) is 0 Å².